The molecule has 0 unspecified atom stereocenters. The summed E-state index contributed by atoms with van der Waals surface area (Å²) in [5, 5.41) is 8.16. The van der Waals surface area contributed by atoms with Crippen molar-refractivity contribution in [2.75, 3.05) is 11.9 Å². The third kappa shape index (κ3) is 4.39. The van der Waals surface area contributed by atoms with Crippen molar-refractivity contribution >= 4 is 50.9 Å². The van der Waals surface area contributed by atoms with Gasteiger partial charge in [-0.15, -0.1) is 0 Å². The second-order valence-electron chi connectivity index (χ2n) is 7.63. The van der Waals surface area contributed by atoms with Gasteiger partial charge in [0, 0.05) is 35.6 Å². The second kappa shape index (κ2) is 8.78. The highest BCUT2D eigenvalue weighted by atomic mass is 35.5. The summed E-state index contributed by atoms with van der Waals surface area (Å²) < 4.78 is 1.91. The van der Waals surface area contributed by atoms with E-state index in [-0.39, 0.29) is 30.8 Å². The van der Waals surface area contributed by atoms with Gasteiger partial charge < -0.3 is 15.2 Å². The third-order valence-corrected chi connectivity index (χ3v) is 5.39. The van der Waals surface area contributed by atoms with Crippen molar-refractivity contribution in [3.63, 3.8) is 0 Å². The SMILES string of the molecule is CC(C)n1c(Cl)nc2cc(C(=O)NCCC(=O)Nc3cccc4ccccc34)ccc21. The average Bonchev–Trinajstić information content (AvgIpc) is 3.09. The third-order valence-electron chi connectivity index (χ3n) is 5.13. The minimum absolute atomic E-state index is 0.158. The van der Waals surface area contributed by atoms with E-state index in [0.29, 0.717) is 16.4 Å². The summed E-state index contributed by atoms with van der Waals surface area (Å²) in [5.74, 6) is -0.412. The van der Waals surface area contributed by atoms with E-state index in [1.165, 1.54) is 0 Å². The van der Waals surface area contributed by atoms with E-state index in [1.54, 1.807) is 12.1 Å². The molecular weight excluding hydrogens is 412 g/mol. The van der Waals surface area contributed by atoms with Gasteiger partial charge in [-0.25, -0.2) is 4.98 Å². The number of carbonyl (C=O) groups excluding carboxylic acids is 2. The number of nitrogens with zero attached hydrogens (tertiary/aromatic N) is 2. The van der Waals surface area contributed by atoms with E-state index >= 15 is 0 Å². The summed E-state index contributed by atoms with van der Waals surface area (Å²) in [4.78, 5) is 29.2. The van der Waals surface area contributed by atoms with E-state index in [9.17, 15) is 9.59 Å². The maximum atomic E-state index is 12.5. The summed E-state index contributed by atoms with van der Waals surface area (Å²) >= 11 is 6.22. The summed E-state index contributed by atoms with van der Waals surface area (Å²) in [6.07, 6.45) is 0.172. The maximum Gasteiger partial charge on any atom is 0.251 e. The number of fused-ring (bicyclic) bond motifs is 2. The first kappa shape index (κ1) is 20.9. The average molecular weight is 435 g/mol. The Labute approximate surface area is 185 Å². The first-order valence-corrected chi connectivity index (χ1v) is 10.5. The lowest BCUT2D eigenvalue weighted by Gasteiger charge is -2.10. The normalized spacial score (nSPS) is 11.2. The molecule has 4 rings (SSSR count). The number of carbonyl (C=O) groups is 2. The Balaban J connectivity index is 1.37. The number of nitrogens with one attached hydrogen (secondary N) is 2. The van der Waals surface area contributed by atoms with Gasteiger partial charge in [-0.3, -0.25) is 9.59 Å². The molecule has 2 amide bonds. The van der Waals surface area contributed by atoms with E-state index in [2.05, 4.69) is 15.6 Å². The molecule has 0 aliphatic rings. The van der Waals surface area contributed by atoms with Gasteiger partial charge in [-0.1, -0.05) is 36.4 Å². The second-order valence-corrected chi connectivity index (χ2v) is 7.97. The Kier molecular flexibility index (Phi) is 5.91. The molecule has 31 heavy (non-hydrogen) atoms. The predicted molar refractivity (Wildman–Crippen MR) is 125 cm³/mol. The molecule has 7 heteroatoms. The van der Waals surface area contributed by atoms with E-state index in [1.807, 2.05) is 66.9 Å². The molecule has 2 N–H and O–H groups in total. The minimum Gasteiger partial charge on any atom is -0.352 e. The summed E-state index contributed by atoms with van der Waals surface area (Å²) in [7, 11) is 0. The van der Waals surface area contributed by atoms with Gasteiger partial charge in [0.2, 0.25) is 11.2 Å². The number of halogens is 1. The fourth-order valence-corrected chi connectivity index (χ4v) is 4.02. The molecule has 1 aromatic heterocycles. The number of hydrogen-bond acceptors (Lipinski definition) is 3. The molecule has 1 heterocycles. The molecule has 158 valence electrons. The molecule has 0 fully saturated rings. The summed E-state index contributed by atoms with van der Waals surface area (Å²) in [6, 6.07) is 19.1. The molecule has 3 aromatic carbocycles. The predicted octanol–water partition coefficient (Wildman–Crippen LogP) is 5.18. The van der Waals surface area contributed by atoms with Crippen molar-refractivity contribution < 1.29 is 9.59 Å². The topological polar surface area (TPSA) is 76.0 Å². The van der Waals surface area contributed by atoms with Crippen LogP contribution in [-0.4, -0.2) is 27.9 Å². The van der Waals surface area contributed by atoms with Crippen molar-refractivity contribution in [3.8, 4) is 0 Å². The molecule has 6 nitrogen and oxygen atoms in total. The molecule has 0 saturated carbocycles. The molecule has 0 atom stereocenters. The van der Waals surface area contributed by atoms with Crippen LogP contribution in [0.5, 0.6) is 0 Å². The highest BCUT2D eigenvalue weighted by Crippen LogP contribution is 2.25. The zero-order chi connectivity index (χ0) is 22.0. The fraction of sp³-hybridized carbons (Fsp3) is 0.208. The summed E-state index contributed by atoms with van der Waals surface area (Å²) in [6.45, 7) is 4.28. The van der Waals surface area contributed by atoms with Gasteiger partial charge in [0.05, 0.1) is 11.0 Å². The van der Waals surface area contributed by atoms with Crippen LogP contribution in [0, 0.1) is 0 Å². The van der Waals surface area contributed by atoms with Crippen LogP contribution >= 0.6 is 11.6 Å². The van der Waals surface area contributed by atoms with Crippen LogP contribution in [-0.2, 0) is 4.79 Å². The number of rotatable bonds is 6. The Morgan fingerprint density at radius 3 is 2.65 bits per heavy atom. The maximum absolute atomic E-state index is 12.5. The van der Waals surface area contributed by atoms with Crippen LogP contribution in [0.1, 0.15) is 36.7 Å². The number of hydrogen-bond donors (Lipinski definition) is 2. The van der Waals surface area contributed by atoms with E-state index in [0.717, 1.165) is 22.0 Å². The first-order valence-electron chi connectivity index (χ1n) is 10.2. The zero-order valence-electron chi connectivity index (χ0n) is 17.4. The van der Waals surface area contributed by atoms with Crippen LogP contribution in [0.25, 0.3) is 21.8 Å². The number of anilines is 1. The molecule has 0 aliphatic carbocycles. The van der Waals surface area contributed by atoms with Crippen molar-refractivity contribution in [2.24, 2.45) is 0 Å². The van der Waals surface area contributed by atoms with Gasteiger partial charge in [0.25, 0.3) is 5.91 Å². The van der Waals surface area contributed by atoms with E-state index < -0.39 is 0 Å². The molecule has 0 saturated heterocycles. The molecule has 0 spiro atoms. The van der Waals surface area contributed by atoms with Gasteiger partial charge >= 0.3 is 0 Å². The number of aromatic nitrogens is 2. The highest BCUT2D eigenvalue weighted by molar-refractivity contribution is 6.29. The van der Waals surface area contributed by atoms with Crippen LogP contribution in [0.2, 0.25) is 5.28 Å². The van der Waals surface area contributed by atoms with Crippen molar-refractivity contribution in [1.29, 1.82) is 0 Å². The number of imidazole rings is 1. The van der Waals surface area contributed by atoms with Crippen molar-refractivity contribution in [3.05, 3.63) is 71.5 Å². The quantitative estimate of drug-likeness (QED) is 0.439. The van der Waals surface area contributed by atoms with Crippen LogP contribution in [0.4, 0.5) is 5.69 Å². The number of benzene rings is 3. The zero-order valence-corrected chi connectivity index (χ0v) is 18.1. The van der Waals surface area contributed by atoms with Crippen LogP contribution < -0.4 is 10.6 Å². The Morgan fingerprint density at radius 1 is 1.06 bits per heavy atom. The van der Waals surface area contributed by atoms with Crippen molar-refractivity contribution in [1.82, 2.24) is 14.9 Å². The lowest BCUT2D eigenvalue weighted by atomic mass is 10.1. The van der Waals surface area contributed by atoms with Gasteiger partial charge in [0.1, 0.15) is 0 Å². The smallest absolute Gasteiger partial charge is 0.251 e. The highest BCUT2D eigenvalue weighted by Gasteiger charge is 2.14. The Hall–Kier alpha value is -3.38. The summed E-state index contributed by atoms with van der Waals surface area (Å²) in [5.41, 5.74) is 2.79. The van der Waals surface area contributed by atoms with Crippen LogP contribution in [0.15, 0.2) is 60.7 Å². The standard InChI is InChI=1S/C24H23ClN4O2/c1-15(2)29-21-11-10-17(14-20(21)28-24(29)25)23(31)26-13-12-22(30)27-19-9-5-7-16-6-3-4-8-18(16)19/h3-11,14-15H,12-13H2,1-2H3,(H,26,31)(H,27,30). The molecule has 4 aromatic rings. The monoisotopic (exact) mass is 434 g/mol. The molecule has 0 aliphatic heterocycles. The lowest BCUT2D eigenvalue weighted by molar-refractivity contribution is -0.116. The van der Waals surface area contributed by atoms with Gasteiger partial charge in [0.15, 0.2) is 0 Å². The van der Waals surface area contributed by atoms with Gasteiger partial charge in [-0.05, 0) is 55.1 Å². The minimum atomic E-state index is -0.255. The molecule has 0 bridgehead atoms. The lowest BCUT2D eigenvalue weighted by Crippen LogP contribution is -2.27. The van der Waals surface area contributed by atoms with Gasteiger partial charge in [-0.2, -0.15) is 0 Å². The first-order chi connectivity index (χ1) is 14.9. The van der Waals surface area contributed by atoms with E-state index in [4.69, 9.17) is 11.6 Å². The molecular formula is C24H23ClN4O2. The van der Waals surface area contributed by atoms with Crippen molar-refractivity contribution in [2.45, 2.75) is 26.3 Å². The number of amides is 2. The van der Waals surface area contributed by atoms with Crippen LogP contribution in [0.3, 0.4) is 0 Å². The fourth-order valence-electron chi connectivity index (χ4n) is 3.64. The largest absolute Gasteiger partial charge is 0.352 e. The Morgan fingerprint density at radius 2 is 1.84 bits per heavy atom. The molecule has 0 radical (unpaired) electrons. The Bertz CT molecular complexity index is 1270.